The van der Waals surface area contributed by atoms with Gasteiger partial charge in [-0.2, -0.15) is 0 Å². The lowest BCUT2D eigenvalue weighted by Crippen LogP contribution is -2.39. The van der Waals surface area contributed by atoms with E-state index in [1.165, 1.54) is 18.7 Å². The van der Waals surface area contributed by atoms with Crippen molar-refractivity contribution in [3.63, 3.8) is 0 Å². The van der Waals surface area contributed by atoms with E-state index < -0.39 is 11.5 Å². The van der Waals surface area contributed by atoms with Gasteiger partial charge in [-0.25, -0.2) is 0 Å². The molecular formula is C15H26O5S. The second kappa shape index (κ2) is 10.1. The molecule has 1 atom stereocenters. The Bertz CT molecular complexity index is 365. The lowest BCUT2D eigenvalue weighted by molar-refractivity contribution is -0.135. The number of thioether (sulfide) groups is 1. The molecule has 0 aliphatic heterocycles. The van der Waals surface area contributed by atoms with Gasteiger partial charge in [0.15, 0.2) is 10.9 Å². The number of Topliss-reactive ketones (excluding diaryl/α,β-unsaturated/α-hetero) is 2. The summed E-state index contributed by atoms with van der Waals surface area (Å²) in [5.74, 6) is 0.375. The van der Waals surface area contributed by atoms with Crippen molar-refractivity contribution in [3.05, 3.63) is 0 Å². The zero-order valence-electron chi connectivity index (χ0n) is 13.1. The van der Waals surface area contributed by atoms with Crippen molar-refractivity contribution in [3.8, 4) is 0 Å². The fourth-order valence-corrected chi connectivity index (χ4v) is 2.31. The fraction of sp³-hybridized carbons (Fsp3) is 0.800. The van der Waals surface area contributed by atoms with Crippen LogP contribution >= 0.6 is 11.8 Å². The molecule has 0 aromatic carbocycles. The van der Waals surface area contributed by atoms with Gasteiger partial charge in [0.1, 0.15) is 11.9 Å². The molecule has 1 unspecified atom stereocenters. The third-order valence-corrected chi connectivity index (χ3v) is 4.14. The minimum Gasteiger partial charge on any atom is -0.396 e. The van der Waals surface area contributed by atoms with E-state index in [1.807, 2.05) is 0 Å². The minimum absolute atomic E-state index is 0.0496. The monoisotopic (exact) mass is 318 g/mol. The summed E-state index contributed by atoms with van der Waals surface area (Å²) in [6, 6.07) is 0. The fourth-order valence-electron chi connectivity index (χ4n) is 1.73. The Morgan fingerprint density at radius 2 is 1.67 bits per heavy atom. The number of carbonyl (C=O) groups is 3. The van der Waals surface area contributed by atoms with E-state index in [9.17, 15) is 19.5 Å². The van der Waals surface area contributed by atoms with Gasteiger partial charge in [-0.05, 0) is 12.8 Å². The second-order valence-electron chi connectivity index (χ2n) is 5.85. The van der Waals surface area contributed by atoms with Crippen LogP contribution < -0.4 is 0 Å². The first kappa shape index (κ1) is 20.3. The van der Waals surface area contributed by atoms with Gasteiger partial charge in [0, 0.05) is 37.4 Å². The molecule has 0 saturated heterocycles. The maximum Gasteiger partial charge on any atom is 0.185 e. The van der Waals surface area contributed by atoms with Gasteiger partial charge in [-0.1, -0.05) is 25.6 Å². The van der Waals surface area contributed by atoms with Crippen molar-refractivity contribution in [2.75, 3.05) is 12.4 Å². The highest BCUT2D eigenvalue weighted by atomic mass is 32.2. The summed E-state index contributed by atoms with van der Waals surface area (Å²) < 4.78 is 0. The molecule has 0 aromatic rings. The van der Waals surface area contributed by atoms with Crippen LogP contribution in [0, 0.1) is 5.41 Å². The van der Waals surface area contributed by atoms with Crippen molar-refractivity contribution < 1.29 is 24.6 Å². The SMILES string of the molecule is CC(=O)SCCCC(=O)CCCC(=O)C(O)C(C)(C)CO. The summed E-state index contributed by atoms with van der Waals surface area (Å²) in [7, 11) is 0. The number of rotatable bonds is 11. The summed E-state index contributed by atoms with van der Waals surface area (Å²) in [5.41, 5.74) is -0.856. The molecule has 0 bridgehead atoms. The van der Waals surface area contributed by atoms with Crippen LogP contribution in [0.1, 0.15) is 52.9 Å². The van der Waals surface area contributed by atoms with Crippen LogP contribution in [0.25, 0.3) is 0 Å². The lowest BCUT2D eigenvalue weighted by Gasteiger charge is -2.26. The first-order valence-corrected chi connectivity index (χ1v) is 8.16. The molecule has 2 N–H and O–H groups in total. The Balaban J connectivity index is 3.85. The topological polar surface area (TPSA) is 91.7 Å². The average molecular weight is 318 g/mol. The molecule has 0 radical (unpaired) electrons. The number of aliphatic hydroxyl groups is 2. The molecule has 0 heterocycles. The molecule has 5 nitrogen and oxygen atoms in total. The van der Waals surface area contributed by atoms with Crippen LogP contribution in [0.4, 0.5) is 0 Å². The van der Waals surface area contributed by atoms with Crippen molar-refractivity contribution in [1.29, 1.82) is 0 Å². The highest BCUT2D eigenvalue weighted by Gasteiger charge is 2.32. The standard InChI is InChI=1S/C15H26O5S/c1-11(17)21-9-5-7-12(18)6-4-8-13(19)14(20)15(2,3)10-16/h14,16,20H,4-10H2,1-3H3. The van der Waals surface area contributed by atoms with Gasteiger partial charge in [0.2, 0.25) is 0 Å². The molecule has 0 saturated carbocycles. The van der Waals surface area contributed by atoms with Crippen LogP contribution in [0.5, 0.6) is 0 Å². The third-order valence-electron chi connectivity index (χ3n) is 3.24. The molecule has 21 heavy (non-hydrogen) atoms. The smallest absolute Gasteiger partial charge is 0.185 e. The molecule has 6 heteroatoms. The first-order valence-electron chi connectivity index (χ1n) is 7.17. The van der Waals surface area contributed by atoms with Crippen LogP contribution in [0.2, 0.25) is 0 Å². The summed E-state index contributed by atoms with van der Waals surface area (Å²) in [5, 5.41) is 19.0. The van der Waals surface area contributed by atoms with E-state index in [0.29, 0.717) is 31.4 Å². The van der Waals surface area contributed by atoms with Crippen LogP contribution in [0.3, 0.4) is 0 Å². The molecule has 0 aromatic heterocycles. The molecule has 122 valence electrons. The quantitative estimate of drug-likeness (QED) is 0.564. The summed E-state index contributed by atoms with van der Waals surface area (Å²) in [6.07, 6.45) is 0.734. The Morgan fingerprint density at radius 1 is 1.10 bits per heavy atom. The van der Waals surface area contributed by atoms with Crippen molar-refractivity contribution in [2.45, 2.75) is 59.0 Å². The summed E-state index contributed by atoms with van der Waals surface area (Å²) in [4.78, 5) is 34.0. The van der Waals surface area contributed by atoms with Crippen LogP contribution in [-0.4, -0.2) is 45.4 Å². The maximum absolute atomic E-state index is 11.8. The van der Waals surface area contributed by atoms with Gasteiger partial charge < -0.3 is 10.2 Å². The highest BCUT2D eigenvalue weighted by Crippen LogP contribution is 2.21. The Labute approximate surface area is 130 Å². The Morgan fingerprint density at radius 3 is 2.19 bits per heavy atom. The molecule has 0 aliphatic carbocycles. The van der Waals surface area contributed by atoms with Crippen molar-refractivity contribution >= 4 is 28.4 Å². The number of ketones is 2. The van der Waals surface area contributed by atoms with Gasteiger partial charge in [-0.3, -0.25) is 14.4 Å². The largest absolute Gasteiger partial charge is 0.396 e. The normalized spacial score (nSPS) is 13.0. The number of hydrogen-bond acceptors (Lipinski definition) is 6. The van der Waals surface area contributed by atoms with Gasteiger partial charge in [0.05, 0.1) is 6.61 Å². The van der Waals surface area contributed by atoms with E-state index in [2.05, 4.69) is 0 Å². The maximum atomic E-state index is 11.8. The van der Waals surface area contributed by atoms with E-state index in [-0.39, 0.29) is 29.7 Å². The van der Waals surface area contributed by atoms with E-state index in [1.54, 1.807) is 13.8 Å². The minimum atomic E-state index is -1.20. The van der Waals surface area contributed by atoms with E-state index in [0.717, 1.165) is 0 Å². The summed E-state index contributed by atoms with van der Waals surface area (Å²) in [6.45, 7) is 4.46. The lowest BCUT2D eigenvalue weighted by atomic mass is 9.84. The van der Waals surface area contributed by atoms with Crippen LogP contribution in [0.15, 0.2) is 0 Å². The molecular weight excluding hydrogens is 292 g/mol. The van der Waals surface area contributed by atoms with Crippen LogP contribution in [-0.2, 0) is 14.4 Å². The van der Waals surface area contributed by atoms with Gasteiger partial charge in [-0.15, -0.1) is 0 Å². The Kier molecular flexibility index (Phi) is 9.74. The van der Waals surface area contributed by atoms with Crippen molar-refractivity contribution in [2.24, 2.45) is 5.41 Å². The number of carbonyl (C=O) groups excluding carboxylic acids is 3. The van der Waals surface area contributed by atoms with Gasteiger partial charge >= 0.3 is 0 Å². The number of hydrogen-bond donors (Lipinski definition) is 2. The zero-order chi connectivity index (χ0) is 16.5. The molecule has 0 aliphatic rings. The predicted octanol–water partition coefficient (Wildman–Crippen LogP) is 1.73. The average Bonchev–Trinajstić information content (AvgIpc) is 2.42. The van der Waals surface area contributed by atoms with E-state index >= 15 is 0 Å². The Hall–Kier alpha value is -0.720. The second-order valence-corrected chi connectivity index (χ2v) is 7.12. The third kappa shape index (κ3) is 9.01. The molecule has 0 rings (SSSR count). The zero-order valence-corrected chi connectivity index (χ0v) is 13.9. The van der Waals surface area contributed by atoms with E-state index in [4.69, 9.17) is 5.11 Å². The molecule has 0 fully saturated rings. The predicted molar refractivity (Wildman–Crippen MR) is 83.1 cm³/mol. The number of aliphatic hydroxyl groups excluding tert-OH is 2. The molecule has 0 amide bonds. The van der Waals surface area contributed by atoms with Gasteiger partial charge in [0.25, 0.3) is 0 Å². The summed E-state index contributed by atoms with van der Waals surface area (Å²) >= 11 is 1.21. The first-order chi connectivity index (χ1) is 9.70. The van der Waals surface area contributed by atoms with Crippen molar-refractivity contribution in [1.82, 2.24) is 0 Å². The highest BCUT2D eigenvalue weighted by molar-refractivity contribution is 8.13. The molecule has 0 spiro atoms.